The first-order valence-corrected chi connectivity index (χ1v) is 5.46. The number of nitrogens with one attached hydrogen (secondary N) is 1. The van der Waals surface area contributed by atoms with Crippen LogP contribution in [0.2, 0.25) is 0 Å². The Kier molecular flexibility index (Phi) is 3.71. The summed E-state index contributed by atoms with van der Waals surface area (Å²) in [7, 11) is 0. The summed E-state index contributed by atoms with van der Waals surface area (Å²) >= 11 is 0.987. The fourth-order valence-electron chi connectivity index (χ4n) is 0.891. The molecule has 0 radical (unpaired) electrons. The van der Waals surface area contributed by atoms with Gasteiger partial charge in [-0.2, -0.15) is 0 Å². The number of nitrogens with zero attached hydrogens (tertiary/aromatic N) is 1. The molecule has 0 bridgehead atoms. The predicted molar refractivity (Wildman–Crippen MR) is 58.6 cm³/mol. The van der Waals surface area contributed by atoms with Gasteiger partial charge in [0.15, 0.2) is 10.8 Å². The van der Waals surface area contributed by atoms with E-state index in [-0.39, 0.29) is 11.3 Å². The summed E-state index contributed by atoms with van der Waals surface area (Å²) < 4.78 is 0. The van der Waals surface area contributed by atoms with Gasteiger partial charge in [0, 0.05) is 17.5 Å². The van der Waals surface area contributed by atoms with Crippen LogP contribution in [0.1, 0.15) is 12.6 Å². The van der Waals surface area contributed by atoms with Gasteiger partial charge in [0.2, 0.25) is 0 Å². The van der Waals surface area contributed by atoms with Gasteiger partial charge in [0.25, 0.3) is 5.56 Å². The van der Waals surface area contributed by atoms with Gasteiger partial charge < -0.3 is 15.2 Å². The molecule has 88 valence electrons. The Morgan fingerprint density at radius 1 is 1.69 bits per heavy atom. The Hall–Kier alpha value is -1.34. The van der Waals surface area contributed by atoms with Crippen molar-refractivity contribution in [1.29, 1.82) is 0 Å². The maximum atomic E-state index is 11.1. The lowest BCUT2D eigenvalue weighted by atomic mass is 10.1. The number of aryl methyl sites for hydroxylation is 1. The molecule has 0 aliphatic carbocycles. The highest BCUT2D eigenvalue weighted by molar-refractivity contribution is 7.99. The van der Waals surface area contributed by atoms with Crippen molar-refractivity contribution in [2.45, 2.75) is 24.6 Å². The van der Waals surface area contributed by atoms with Crippen molar-refractivity contribution < 1.29 is 15.0 Å². The van der Waals surface area contributed by atoms with Crippen molar-refractivity contribution >= 4 is 17.7 Å². The highest BCUT2D eigenvalue weighted by Crippen LogP contribution is 2.18. The summed E-state index contributed by atoms with van der Waals surface area (Å²) in [5.74, 6) is -1.40. The molecule has 0 aliphatic rings. The number of aliphatic hydroxyl groups is 1. The number of rotatable bonds is 4. The molecule has 6 nitrogen and oxygen atoms in total. The van der Waals surface area contributed by atoms with Crippen molar-refractivity contribution in [3.8, 4) is 0 Å². The highest BCUT2D eigenvalue weighted by atomic mass is 32.2. The molecule has 0 aliphatic heterocycles. The van der Waals surface area contributed by atoms with E-state index in [9.17, 15) is 14.7 Å². The molecule has 0 saturated heterocycles. The zero-order chi connectivity index (χ0) is 12.3. The third-order valence-electron chi connectivity index (χ3n) is 1.80. The van der Waals surface area contributed by atoms with Gasteiger partial charge in [0.1, 0.15) is 0 Å². The Balaban J connectivity index is 2.75. The third kappa shape index (κ3) is 3.35. The van der Waals surface area contributed by atoms with Gasteiger partial charge >= 0.3 is 5.97 Å². The molecular formula is C9H12N2O4S. The number of hydrogen-bond donors (Lipinski definition) is 3. The Bertz CT molecular complexity index is 455. The minimum Gasteiger partial charge on any atom is -0.479 e. The molecule has 7 heteroatoms. The number of carboxylic acid groups (broad SMARTS) is 1. The van der Waals surface area contributed by atoms with Crippen LogP contribution in [0.25, 0.3) is 0 Å². The van der Waals surface area contributed by atoms with Crippen molar-refractivity contribution in [3.63, 3.8) is 0 Å². The number of carbonyl (C=O) groups is 1. The number of thioether (sulfide) groups is 1. The largest absolute Gasteiger partial charge is 0.479 e. The standard InChI is InChI=1S/C9H12N2O4S/c1-5-3-6(12)11-8(10-5)16-4-9(2,15)7(13)14/h3,15H,4H2,1-2H3,(H,13,14)(H,10,11,12). The molecular weight excluding hydrogens is 232 g/mol. The first-order valence-electron chi connectivity index (χ1n) is 4.48. The van der Waals surface area contributed by atoms with E-state index >= 15 is 0 Å². The third-order valence-corrected chi connectivity index (χ3v) is 2.97. The summed E-state index contributed by atoms with van der Waals surface area (Å²) in [5.41, 5.74) is -1.60. The lowest BCUT2D eigenvalue weighted by Crippen LogP contribution is -2.37. The molecule has 0 saturated carbocycles. The highest BCUT2D eigenvalue weighted by Gasteiger charge is 2.30. The smallest absolute Gasteiger partial charge is 0.336 e. The Labute approximate surface area is 95.7 Å². The molecule has 1 aromatic heterocycles. The van der Waals surface area contributed by atoms with Crippen LogP contribution in [0.5, 0.6) is 0 Å². The topological polar surface area (TPSA) is 103 Å². The molecule has 1 aromatic rings. The lowest BCUT2D eigenvalue weighted by Gasteiger charge is -2.16. The Morgan fingerprint density at radius 3 is 2.81 bits per heavy atom. The van der Waals surface area contributed by atoms with E-state index in [2.05, 4.69) is 9.97 Å². The number of H-pyrrole nitrogens is 1. The lowest BCUT2D eigenvalue weighted by molar-refractivity contribution is -0.154. The quantitative estimate of drug-likeness (QED) is 0.509. The van der Waals surface area contributed by atoms with Crippen molar-refractivity contribution in [2.24, 2.45) is 0 Å². The number of aromatic nitrogens is 2. The van der Waals surface area contributed by atoms with Crippen molar-refractivity contribution in [1.82, 2.24) is 9.97 Å². The average molecular weight is 244 g/mol. The number of aliphatic carboxylic acids is 1. The zero-order valence-electron chi connectivity index (χ0n) is 8.85. The monoisotopic (exact) mass is 244 g/mol. The van der Waals surface area contributed by atoms with Crippen LogP contribution in [-0.2, 0) is 4.79 Å². The molecule has 0 spiro atoms. The van der Waals surface area contributed by atoms with Crippen LogP contribution in [0.4, 0.5) is 0 Å². The second-order valence-electron chi connectivity index (χ2n) is 3.56. The fraction of sp³-hybridized carbons (Fsp3) is 0.444. The number of hydrogen-bond acceptors (Lipinski definition) is 5. The fourth-order valence-corrected chi connectivity index (χ4v) is 1.81. The second kappa shape index (κ2) is 4.67. The van der Waals surface area contributed by atoms with Crippen LogP contribution in [0.3, 0.4) is 0 Å². The first kappa shape index (κ1) is 12.7. The molecule has 1 heterocycles. The minimum absolute atomic E-state index is 0.0886. The van der Waals surface area contributed by atoms with Gasteiger partial charge in [-0.25, -0.2) is 9.78 Å². The Morgan fingerprint density at radius 2 is 2.31 bits per heavy atom. The van der Waals surface area contributed by atoms with E-state index < -0.39 is 11.6 Å². The molecule has 16 heavy (non-hydrogen) atoms. The second-order valence-corrected chi connectivity index (χ2v) is 4.52. The number of aromatic amines is 1. The molecule has 1 atom stereocenters. The van der Waals surface area contributed by atoms with E-state index in [4.69, 9.17) is 5.11 Å². The van der Waals surface area contributed by atoms with Crippen LogP contribution < -0.4 is 5.56 Å². The molecule has 1 rings (SSSR count). The normalized spacial score (nSPS) is 14.4. The van der Waals surface area contributed by atoms with Crippen LogP contribution >= 0.6 is 11.8 Å². The predicted octanol–water partition coefficient (Wildman–Crippen LogP) is 0.00602. The molecule has 0 amide bonds. The SMILES string of the molecule is Cc1cc(=O)[nH]c(SCC(C)(O)C(=O)O)n1. The van der Waals surface area contributed by atoms with Gasteiger partial charge in [-0.1, -0.05) is 11.8 Å². The maximum absolute atomic E-state index is 11.1. The van der Waals surface area contributed by atoms with Crippen molar-refractivity contribution in [2.75, 3.05) is 5.75 Å². The summed E-state index contributed by atoms with van der Waals surface area (Å²) in [4.78, 5) is 28.2. The zero-order valence-corrected chi connectivity index (χ0v) is 9.67. The molecule has 1 unspecified atom stereocenters. The minimum atomic E-state index is -1.84. The molecule has 0 aromatic carbocycles. The summed E-state index contributed by atoms with van der Waals surface area (Å²) in [6.45, 7) is 2.85. The van der Waals surface area contributed by atoms with E-state index in [1.807, 2.05) is 0 Å². The van der Waals surface area contributed by atoms with Gasteiger partial charge in [0.05, 0.1) is 0 Å². The van der Waals surface area contributed by atoms with E-state index in [1.54, 1.807) is 6.92 Å². The average Bonchev–Trinajstić information content (AvgIpc) is 2.13. The first-order chi connectivity index (χ1) is 7.31. The van der Waals surface area contributed by atoms with Gasteiger partial charge in [-0.3, -0.25) is 4.79 Å². The summed E-state index contributed by atoms with van der Waals surface area (Å²) in [6, 6.07) is 1.33. The summed E-state index contributed by atoms with van der Waals surface area (Å²) in [6.07, 6.45) is 0. The van der Waals surface area contributed by atoms with E-state index in [0.717, 1.165) is 11.8 Å². The van der Waals surface area contributed by atoms with E-state index in [0.29, 0.717) is 10.9 Å². The van der Waals surface area contributed by atoms with Crippen LogP contribution in [-0.4, -0.2) is 37.5 Å². The maximum Gasteiger partial charge on any atom is 0.336 e. The van der Waals surface area contributed by atoms with Crippen LogP contribution in [0, 0.1) is 6.92 Å². The summed E-state index contributed by atoms with van der Waals surface area (Å²) in [5, 5.41) is 18.4. The van der Waals surface area contributed by atoms with E-state index in [1.165, 1.54) is 13.0 Å². The van der Waals surface area contributed by atoms with Gasteiger partial charge in [-0.15, -0.1) is 0 Å². The van der Waals surface area contributed by atoms with Gasteiger partial charge in [-0.05, 0) is 13.8 Å². The van der Waals surface area contributed by atoms with Crippen LogP contribution in [0.15, 0.2) is 16.0 Å². The number of carboxylic acids is 1. The molecule has 0 fully saturated rings. The molecule has 3 N–H and O–H groups in total. The van der Waals surface area contributed by atoms with Crippen molar-refractivity contribution in [3.05, 3.63) is 22.1 Å².